The Hall–Kier alpha value is -1.89. The van der Waals surface area contributed by atoms with Gasteiger partial charge in [-0.15, -0.1) is 11.8 Å². The van der Waals surface area contributed by atoms with Crippen LogP contribution >= 0.6 is 11.8 Å². The molecule has 0 radical (unpaired) electrons. The topological polar surface area (TPSA) is 57.8 Å². The van der Waals surface area contributed by atoms with Crippen LogP contribution in [0.15, 0.2) is 18.2 Å². The van der Waals surface area contributed by atoms with E-state index in [2.05, 4.69) is 15.5 Å². The van der Waals surface area contributed by atoms with Crippen LogP contribution < -0.4 is 5.32 Å². The van der Waals surface area contributed by atoms with Gasteiger partial charge < -0.3 is 5.32 Å². The second kappa shape index (κ2) is 5.14. The molecule has 1 aromatic carbocycles. The number of halogens is 2. The number of carbonyl (C=O) groups is 1. The largest absolute Gasteiger partial charge is 0.308 e. The zero-order valence-electron chi connectivity index (χ0n) is 11.4. The molecule has 1 aliphatic rings. The van der Waals surface area contributed by atoms with Crippen LogP contribution in [0, 0.1) is 18.6 Å². The predicted molar refractivity (Wildman–Crippen MR) is 77.2 cm³/mol. The number of thioether (sulfide) groups is 1. The molecule has 0 saturated heterocycles. The van der Waals surface area contributed by atoms with E-state index in [4.69, 9.17) is 0 Å². The van der Waals surface area contributed by atoms with Gasteiger partial charge in [-0.2, -0.15) is 5.10 Å². The quantitative estimate of drug-likeness (QED) is 0.851. The lowest BCUT2D eigenvalue weighted by molar-refractivity contribution is -0.115. The molecule has 0 saturated carbocycles. The normalized spacial score (nSPS) is 21.6. The molecule has 0 unspecified atom stereocenters. The first kappa shape index (κ1) is 14.1. The third-order valence-electron chi connectivity index (χ3n) is 3.47. The Labute approximate surface area is 124 Å². The Balaban J connectivity index is 2.18. The smallest absolute Gasteiger partial charge is 0.238 e. The molecular weight excluding hydrogens is 296 g/mol. The number of fused-ring (bicyclic) bond motifs is 1. The summed E-state index contributed by atoms with van der Waals surface area (Å²) in [5.41, 5.74) is 1.62. The van der Waals surface area contributed by atoms with Crippen molar-refractivity contribution in [2.45, 2.75) is 24.3 Å². The van der Waals surface area contributed by atoms with Gasteiger partial charge in [0.05, 0.1) is 10.5 Å². The molecule has 3 rings (SSSR count). The standard InChI is InChI=1S/C14H13F2N3OS/c1-6-10-12(8-4-3-5-9(15)11(8)16)21-7(2)14(20)17-13(10)19-18-6/h3-5,7,12H,1-2H3,(H2,17,18,19,20)/t7-,12-/m0/s1. The number of aromatic nitrogens is 2. The summed E-state index contributed by atoms with van der Waals surface area (Å²) >= 11 is 1.27. The van der Waals surface area contributed by atoms with E-state index < -0.39 is 22.1 Å². The Morgan fingerprint density at radius 2 is 2.10 bits per heavy atom. The highest BCUT2D eigenvalue weighted by Crippen LogP contribution is 2.45. The molecule has 2 heterocycles. The van der Waals surface area contributed by atoms with Gasteiger partial charge in [0.2, 0.25) is 5.91 Å². The van der Waals surface area contributed by atoms with Crippen molar-refractivity contribution in [1.29, 1.82) is 0 Å². The van der Waals surface area contributed by atoms with Gasteiger partial charge in [-0.25, -0.2) is 8.78 Å². The summed E-state index contributed by atoms with van der Waals surface area (Å²) in [5, 5.41) is 8.64. The fourth-order valence-corrected chi connectivity index (χ4v) is 3.70. The molecule has 21 heavy (non-hydrogen) atoms. The van der Waals surface area contributed by atoms with Gasteiger partial charge in [-0.3, -0.25) is 9.89 Å². The molecule has 2 aromatic rings. The number of aromatic amines is 1. The number of hydrogen-bond donors (Lipinski definition) is 2. The number of aryl methyl sites for hydroxylation is 1. The maximum Gasteiger partial charge on any atom is 0.238 e. The first-order valence-corrected chi connectivity index (χ1v) is 7.38. The molecule has 2 atom stereocenters. The highest BCUT2D eigenvalue weighted by molar-refractivity contribution is 8.01. The maximum absolute atomic E-state index is 14.2. The minimum absolute atomic E-state index is 0.202. The van der Waals surface area contributed by atoms with Crippen LogP contribution in [0.4, 0.5) is 14.6 Å². The van der Waals surface area contributed by atoms with Gasteiger partial charge in [-0.1, -0.05) is 12.1 Å². The average Bonchev–Trinajstić information content (AvgIpc) is 2.74. The van der Waals surface area contributed by atoms with Crippen molar-refractivity contribution in [3.63, 3.8) is 0 Å². The number of rotatable bonds is 1. The van der Waals surface area contributed by atoms with Gasteiger partial charge in [-0.05, 0) is 19.9 Å². The lowest BCUT2D eigenvalue weighted by atomic mass is 10.0. The molecule has 0 aliphatic carbocycles. The monoisotopic (exact) mass is 309 g/mol. The van der Waals surface area contributed by atoms with E-state index in [-0.39, 0.29) is 11.5 Å². The molecule has 0 spiro atoms. The fraction of sp³-hybridized carbons (Fsp3) is 0.286. The van der Waals surface area contributed by atoms with E-state index in [0.29, 0.717) is 11.4 Å². The summed E-state index contributed by atoms with van der Waals surface area (Å²) in [4.78, 5) is 12.0. The number of hydrogen-bond acceptors (Lipinski definition) is 3. The van der Waals surface area contributed by atoms with Gasteiger partial charge in [0.15, 0.2) is 17.5 Å². The molecule has 110 valence electrons. The second-order valence-corrected chi connectivity index (χ2v) is 6.35. The Bertz CT molecular complexity index is 716. The van der Waals surface area contributed by atoms with Crippen LogP contribution in [-0.4, -0.2) is 21.4 Å². The predicted octanol–water partition coefficient (Wildman–Crippen LogP) is 3.16. The Kier molecular flexibility index (Phi) is 3.44. The lowest BCUT2D eigenvalue weighted by Crippen LogP contribution is -2.21. The van der Waals surface area contributed by atoms with Crippen molar-refractivity contribution >= 4 is 23.5 Å². The zero-order valence-corrected chi connectivity index (χ0v) is 12.2. The summed E-state index contributed by atoms with van der Waals surface area (Å²) in [6.07, 6.45) is 0. The number of amides is 1. The van der Waals surface area contributed by atoms with Gasteiger partial charge in [0.1, 0.15) is 0 Å². The van der Waals surface area contributed by atoms with Gasteiger partial charge >= 0.3 is 0 Å². The van der Waals surface area contributed by atoms with Crippen LogP contribution in [0.1, 0.15) is 29.0 Å². The van der Waals surface area contributed by atoms with E-state index in [0.717, 1.165) is 11.8 Å². The van der Waals surface area contributed by atoms with E-state index in [9.17, 15) is 13.6 Å². The SMILES string of the molecule is Cc1[nH]nc2c1[C@H](c1cccc(F)c1F)S[C@@H](C)C(=O)N2. The summed E-state index contributed by atoms with van der Waals surface area (Å²) in [5.74, 6) is -1.61. The molecular formula is C14H13F2N3OS. The first-order chi connectivity index (χ1) is 9.99. The van der Waals surface area contributed by atoms with Crippen LogP contribution in [0.3, 0.4) is 0 Å². The first-order valence-electron chi connectivity index (χ1n) is 6.44. The summed E-state index contributed by atoms with van der Waals surface area (Å²) < 4.78 is 27.7. The highest BCUT2D eigenvalue weighted by Gasteiger charge is 2.33. The highest BCUT2D eigenvalue weighted by atomic mass is 32.2. The Morgan fingerprint density at radius 3 is 2.86 bits per heavy atom. The molecule has 2 N–H and O–H groups in total. The average molecular weight is 309 g/mol. The minimum Gasteiger partial charge on any atom is -0.308 e. The van der Waals surface area contributed by atoms with E-state index in [1.165, 1.54) is 23.9 Å². The van der Waals surface area contributed by atoms with Crippen molar-refractivity contribution in [3.8, 4) is 0 Å². The lowest BCUT2D eigenvalue weighted by Gasteiger charge is -2.18. The van der Waals surface area contributed by atoms with Crippen molar-refractivity contribution in [1.82, 2.24) is 10.2 Å². The molecule has 4 nitrogen and oxygen atoms in total. The van der Waals surface area contributed by atoms with Crippen LogP contribution in [-0.2, 0) is 4.79 Å². The molecule has 0 fully saturated rings. The van der Waals surface area contributed by atoms with Crippen LogP contribution in [0.25, 0.3) is 0 Å². The van der Waals surface area contributed by atoms with Crippen molar-refractivity contribution in [3.05, 3.63) is 46.7 Å². The molecule has 1 aromatic heterocycles. The molecule has 7 heteroatoms. The molecule has 0 bridgehead atoms. The number of benzene rings is 1. The van der Waals surface area contributed by atoms with E-state index >= 15 is 0 Å². The summed E-state index contributed by atoms with van der Waals surface area (Å²) in [6.45, 7) is 3.52. The molecule has 1 aliphatic heterocycles. The fourth-order valence-electron chi connectivity index (χ4n) is 2.36. The summed E-state index contributed by atoms with van der Waals surface area (Å²) in [6, 6.07) is 4.08. The summed E-state index contributed by atoms with van der Waals surface area (Å²) in [7, 11) is 0. The zero-order chi connectivity index (χ0) is 15.1. The molecule has 1 amide bonds. The van der Waals surface area contributed by atoms with Crippen molar-refractivity contribution < 1.29 is 13.6 Å². The third kappa shape index (κ3) is 2.31. The number of nitrogens with zero attached hydrogens (tertiary/aromatic N) is 1. The number of anilines is 1. The number of carbonyl (C=O) groups excluding carboxylic acids is 1. The number of nitrogens with one attached hydrogen (secondary N) is 2. The van der Waals surface area contributed by atoms with Gasteiger partial charge in [0, 0.05) is 16.8 Å². The maximum atomic E-state index is 14.2. The number of H-pyrrole nitrogens is 1. The second-order valence-electron chi connectivity index (χ2n) is 4.90. The van der Waals surface area contributed by atoms with Crippen LogP contribution in [0.5, 0.6) is 0 Å². The third-order valence-corrected chi connectivity index (χ3v) is 4.86. The Morgan fingerprint density at radius 1 is 1.33 bits per heavy atom. The van der Waals surface area contributed by atoms with Crippen molar-refractivity contribution in [2.75, 3.05) is 5.32 Å². The minimum atomic E-state index is -0.896. The van der Waals surface area contributed by atoms with Gasteiger partial charge in [0.25, 0.3) is 0 Å². The van der Waals surface area contributed by atoms with E-state index in [1.807, 2.05) is 0 Å². The van der Waals surface area contributed by atoms with Crippen LogP contribution in [0.2, 0.25) is 0 Å². The van der Waals surface area contributed by atoms with Crippen molar-refractivity contribution in [2.24, 2.45) is 0 Å². The van der Waals surface area contributed by atoms with E-state index in [1.54, 1.807) is 13.8 Å².